The van der Waals surface area contributed by atoms with Crippen molar-refractivity contribution in [2.24, 2.45) is 5.92 Å². The highest BCUT2D eigenvalue weighted by Gasteiger charge is 2.14. The zero-order valence-electron chi connectivity index (χ0n) is 7.87. The Bertz CT molecular complexity index is 283. The fourth-order valence-electron chi connectivity index (χ4n) is 1.51. The molecule has 76 valence electrons. The molecule has 0 radical (unpaired) electrons. The zero-order valence-corrected chi connectivity index (χ0v) is 10.3. The van der Waals surface area contributed by atoms with Gasteiger partial charge in [-0.15, -0.1) is 11.8 Å². The van der Waals surface area contributed by atoms with E-state index in [0.717, 1.165) is 15.4 Å². The van der Waals surface area contributed by atoms with Crippen LogP contribution in [0.1, 0.15) is 6.42 Å². The fourth-order valence-corrected chi connectivity index (χ4v) is 2.72. The van der Waals surface area contributed by atoms with Crippen LogP contribution in [0.4, 0.5) is 0 Å². The van der Waals surface area contributed by atoms with Gasteiger partial charge < -0.3 is 5.32 Å². The number of thioether (sulfide) groups is 1. The summed E-state index contributed by atoms with van der Waals surface area (Å²) in [7, 11) is 0. The van der Waals surface area contributed by atoms with Gasteiger partial charge in [0.1, 0.15) is 0 Å². The maximum Gasteiger partial charge on any atom is 0.0960 e. The Morgan fingerprint density at radius 2 is 2.50 bits per heavy atom. The van der Waals surface area contributed by atoms with Gasteiger partial charge in [-0.1, -0.05) is 0 Å². The molecule has 1 aliphatic heterocycles. The molecule has 1 saturated heterocycles. The summed E-state index contributed by atoms with van der Waals surface area (Å²) in [5.74, 6) is 2.01. The summed E-state index contributed by atoms with van der Waals surface area (Å²) < 4.78 is 1.05. The van der Waals surface area contributed by atoms with E-state index in [-0.39, 0.29) is 0 Å². The van der Waals surface area contributed by atoms with E-state index in [9.17, 15) is 0 Å². The average Bonchev–Trinajstić information content (AvgIpc) is 2.70. The minimum atomic E-state index is 0.824. The number of pyridine rings is 1. The minimum Gasteiger partial charge on any atom is -0.316 e. The van der Waals surface area contributed by atoms with Gasteiger partial charge in [0.25, 0.3) is 0 Å². The van der Waals surface area contributed by atoms with Crippen LogP contribution < -0.4 is 5.32 Å². The number of aromatic nitrogens is 1. The lowest BCUT2D eigenvalue weighted by atomic mass is 10.2. The maximum atomic E-state index is 4.33. The normalized spacial score (nSPS) is 21.4. The Labute approximate surface area is 97.0 Å². The molecule has 1 aliphatic rings. The molecule has 0 amide bonds. The first-order valence-electron chi connectivity index (χ1n) is 4.79. The van der Waals surface area contributed by atoms with Gasteiger partial charge in [0.2, 0.25) is 0 Å². The van der Waals surface area contributed by atoms with Gasteiger partial charge in [0.05, 0.1) is 5.03 Å². The first-order chi connectivity index (χ1) is 6.84. The molecule has 0 bridgehead atoms. The van der Waals surface area contributed by atoms with Crippen LogP contribution in [0.3, 0.4) is 0 Å². The van der Waals surface area contributed by atoms with Crippen molar-refractivity contribution < 1.29 is 0 Å². The van der Waals surface area contributed by atoms with E-state index >= 15 is 0 Å². The lowest BCUT2D eigenvalue weighted by Crippen LogP contribution is -2.10. The molecule has 0 spiro atoms. The van der Waals surface area contributed by atoms with Crippen LogP contribution in [0.15, 0.2) is 27.8 Å². The van der Waals surface area contributed by atoms with E-state index in [1.807, 2.05) is 24.0 Å². The fraction of sp³-hybridized carbons (Fsp3) is 0.500. The number of halogens is 1. The summed E-state index contributed by atoms with van der Waals surface area (Å²) in [5.41, 5.74) is 0. The molecule has 2 rings (SSSR count). The summed E-state index contributed by atoms with van der Waals surface area (Å²) in [6, 6.07) is 4.11. The molecular weight excluding hydrogens is 260 g/mol. The first-order valence-corrected chi connectivity index (χ1v) is 6.57. The van der Waals surface area contributed by atoms with Gasteiger partial charge in [-0.05, 0) is 53.5 Å². The zero-order chi connectivity index (χ0) is 9.80. The number of hydrogen-bond donors (Lipinski definition) is 1. The van der Waals surface area contributed by atoms with E-state index < -0.39 is 0 Å². The lowest BCUT2D eigenvalue weighted by Gasteiger charge is -2.06. The van der Waals surface area contributed by atoms with Gasteiger partial charge in [-0.3, -0.25) is 0 Å². The monoisotopic (exact) mass is 272 g/mol. The maximum absolute atomic E-state index is 4.33. The van der Waals surface area contributed by atoms with Crippen molar-refractivity contribution in [2.75, 3.05) is 18.8 Å². The summed E-state index contributed by atoms with van der Waals surface area (Å²) in [6.07, 6.45) is 3.17. The average molecular weight is 273 g/mol. The van der Waals surface area contributed by atoms with Crippen molar-refractivity contribution in [1.82, 2.24) is 10.3 Å². The van der Waals surface area contributed by atoms with E-state index in [4.69, 9.17) is 0 Å². The van der Waals surface area contributed by atoms with Crippen molar-refractivity contribution in [3.8, 4) is 0 Å². The standard InChI is InChI=1S/C10H13BrN2S/c11-9-1-2-10(13-6-9)14-7-8-3-4-12-5-8/h1-2,6,8,12H,3-5,7H2. The highest BCUT2D eigenvalue weighted by Crippen LogP contribution is 2.22. The molecule has 2 nitrogen and oxygen atoms in total. The largest absolute Gasteiger partial charge is 0.316 e. The van der Waals surface area contributed by atoms with Gasteiger partial charge >= 0.3 is 0 Å². The van der Waals surface area contributed by atoms with Crippen molar-refractivity contribution in [1.29, 1.82) is 0 Å². The summed E-state index contributed by atoms with van der Waals surface area (Å²) in [4.78, 5) is 4.33. The van der Waals surface area contributed by atoms with Crippen LogP contribution in [0.25, 0.3) is 0 Å². The Morgan fingerprint density at radius 3 is 3.14 bits per heavy atom. The van der Waals surface area contributed by atoms with Gasteiger partial charge in [-0.2, -0.15) is 0 Å². The highest BCUT2D eigenvalue weighted by molar-refractivity contribution is 9.10. The molecule has 14 heavy (non-hydrogen) atoms. The van der Waals surface area contributed by atoms with Crippen molar-refractivity contribution in [2.45, 2.75) is 11.4 Å². The van der Waals surface area contributed by atoms with Crippen molar-refractivity contribution >= 4 is 27.7 Å². The van der Waals surface area contributed by atoms with Crippen LogP contribution in [0, 0.1) is 5.92 Å². The third kappa shape index (κ3) is 2.97. The second-order valence-corrected chi connectivity index (χ2v) is 5.44. The quantitative estimate of drug-likeness (QED) is 0.857. The van der Waals surface area contributed by atoms with Crippen LogP contribution in [0.2, 0.25) is 0 Å². The lowest BCUT2D eigenvalue weighted by molar-refractivity contribution is 0.662. The Morgan fingerprint density at radius 1 is 1.57 bits per heavy atom. The topological polar surface area (TPSA) is 24.9 Å². The van der Waals surface area contributed by atoms with Crippen molar-refractivity contribution in [3.05, 3.63) is 22.8 Å². The third-order valence-electron chi connectivity index (χ3n) is 2.33. The Kier molecular flexibility index (Phi) is 3.84. The smallest absolute Gasteiger partial charge is 0.0960 e. The number of nitrogens with zero attached hydrogens (tertiary/aromatic N) is 1. The third-order valence-corrected chi connectivity index (χ3v) is 3.97. The molecule has 1 atom stereocenters. The predicted octanol–water partition coefficient (Wildman–Crippen LogP) is 2.55. The van der Waals surface area contributed by atoms with Crippen LogP contribution in [0.5, 0.6) is 0 Å². The van der Waals surface area contributed by atoms with Gasteiger partial charge in [-0.25, -0.2) is 4.98 Å². The molecular formula is C10H13BrN2S. The van der Waals surface area contributed by atoms with Crippen LogP contribution >= 0.6 is 27.7 Å². The Hall–Kier alpha value is -0.0600. The molecule has 0 saturated carbocycles. The van der Waals surface area contributed by atoms with Crippen molar-refractivity contribution in [3.63, 3.8) is 0 Å². The van der Waals surface area contributed by atoms with E-state index in [0.29, 0.717) is 0 Å². The highest BCUT2D eigenvalue weighted by atomic mass is 79.9. The van der Waals surface area contributed by atoms with Crippen LogP contribution in [-0.2, 0) is 0 Å². The molecule has 1 fully saturated rings. The molecule has 1 N–H and O–H groups in total. The van der Waals surface area contributed by atoms with E-state index in [1.165, 1.54) is 25.3 Å². The molecule has 2 heterocycles. The van der Waals surface area contributed by atoms with Gasteiger partial charge in [0.15, 0.2) is 0 Å². The van der Waals surface area contributed by atoms with Gasteiger partial charge in [0, 0.05) is 16.4 Å². The molecule has 0 aliphatic carbocycles. The minimum absolute atomic E-state index is 0.824. The number of hydrogen-bond acceptors (Lipinski definition) is 3. The summed E-state index contributed by atoms with van der Waals surface area (Å²) in [6.45, 7) is 2.35. The summed E-state index contributed by atoms with van der Waals surface area (Å²) in [5, 5.41) is 4.50. The molecule has 0 aromatic carbocycles. The Balaban J connectivity index is 1.82. The summed E-state index contributed by atoms with van der Waals surface area (Å²) >= 11 is 5.24. The number of nitrogens with one attached hydrogen (secondary N) is 1. The molecule has 4 heteroatoms. The SMILES string of the molecule is Brc1ccc(SCC2CCNC2)nc1. The number of rotatable bonds is 3. The predicted molar refractivity (Wildman–Crippen MR) is 63.6 cm³/mol. The van der Waals surface area contributed by atoms with E-state index in [1.54, 1.807) is 0 Å². The van der Waals surface area contributed by atoms with Crippen LogP contribution in [-0.4, -0.2) is 23.8 Å². The molecule has 1 aromatic heterocycles. The molecule has 1 aromatic rings. The molecule has 1 unspecified atom stereocenters. The van der Waals surface area contributed by atoms with E-state index in [2.05, 4.69) is 32.3 Å². The first kappa shape index (κ1) is 10.5. The second kappa shape index (κ2) is 5.14. The second-order valence-electron chi connectivity index (χ2n) is 3.48.